The van der Waals surface area contributed by atoms with Crippen molar-refractivity contribution in [1.82, 2.24) is 10.6 Å². The van der Waals surface area contributed by atoms with Crippen molar-refractivity contribution in [1.29, 1.82) is 0 Å². The number of amides is 1. The lowest BCUT2D eigenvalue weighted by molar-refractivity contribution is -0.120. The topological polar surface area (TPSA) is 58.2 Å². The Kier molecular flexibility index (Phi) is 8.85. The van der Waals surface area contributed by atoms with Gasteiger partial charge in [0.2, 0.25) is 5.91 Å². The van der Waals surface area contributed by atoms with Crippen molar-refractivity contribution in [2.24, 2.45) is 0 Å². The van der Waals surface area contributed by atoms with Gasteiger partial charge >= 0.3 is 0 Å². The van der Waals surface area contributed by atoms with Crippen LogP contribution in [0.4, 0.5) is 0 Å². The summed E-state index contributed by atoms with van der Waals surface area (Å²) in [6.45, 7) is 4.78. The third-order valence-corrected chi connectivity index (χ3v) is 4.43. The van der Waals surface area contributed by atoms with Gasteiger partial charge in [0.25, 0.3) is 0 Å². The number of carbonyl (C=O) groups excluding carboxylic acids is 2. The Morgan fingerprint density at radius 2 is 2.00 bits per heavy atom. The van der Waals surface area contributed by atoms with E-state index in [1.807, 2.05) is 30.3 Å². The lowest BCUT2D eigenvalue weighted by Gasteiger charge is -2.02. The molecule has 4 nitrogen and oxygen atoms in total. The molecule has 0 spiro atoms. The van der Waals surface area contributed by atoms with Gasteiger partial charge in [0.1, 0.15) is 0 Å². The highest BCUT2D eigenvalue weighted by atomic mass is 32.2. The fourth-order valence-corrected chi connectivity index (χ4v) is 3.28. The number of hydrogen-bond acceptors (Lipinski definition) is 4. The molecule has 2 N–H and O–H groups in total. The quantitative estimate of drug-likeness (QED) is 0.893. The van der Waals surface area contributed by atoms with Gasteiger partial charge in [-0.15, -0.1) is 0 Å². The smallest absolute Gasteiger partial charge is 0.220 e. The van der Waals surface area contributed by atoms with Crippen LogP contribution in [0.5, 0.6) is 0 Å². The number of carbonyl (C=O) groups is 2. The summed E-state index contributed by atoms with van der Waals surface area (Å²) in [5, 5.41) is 6.66. The molecule has 5 heteroatoms. The first kappa shape index (κ1) is 18.7. The molecule has 1 aliphatic rings. The number of aryl methyl sites for hydroxylation is 1. The van der Waals surface area contributed by atoms with E-state index in [9.17, 15) is 9.59 Å². The number of nitrogens with one attached hydrogen (secondary N) is 2. The van der Waals surface area contributed by atoms with Crippen LogP contribution in [0.3, 0.4) is 0 Å². The zero-order valence-electron chi connectivity index (χ0n) is 13.6. The van der Waals surface area contributed by atoms with Crippen molar-refractivity contribution in [3.8, 4) is 0 Å². The van der Waals surface area contributed by atoms with E-state index in [4.69, 9.17) is 0 Å². The van der Waals surface area contributed by atoms with Gasteiger partial charge in [-0.3, -0.25) is 9.59 Å². The first-order valence-electron chi connectivity index (χ1n) is 7.66. The summed E-state index contributed by atoms with van der Waals surface area (Å²) in [6.07, 6.45) is 2.52. The van der Waals surface area contributed by atoms with Crippen LogP contribution in [0, 0.1) is 0 Å². The normalized spacial score (nSPS) is 20.0. The molecule has 2 unspecified atom stereocenters. The molecule has 0 aliphatic carbocycles. The first-order chi connectivity index (χ1) is 10.5. The summed E-state index contributed by atoms with van der Waals surface area (Å²) in [7, 11) is 1.66. The van der Waals surface area contributed by atoms with Gasteiger partial charge in [0, 0.05) is 38.2 Å². The predicted octanol–water partition coefficient (Wildman–Crippen LogP) is 2.38. The molecule has 1 aromatic carbocycles. The minimum Gasteiger partial charge on any atom is -0.359 e. The van der Waals surface area contributed by atoms with Gasteiger partial charge in [-0.2, -0.15) is 0 Å². The Morgan fingerprint density at radius 3 is 2.50 bits per heavy atom. The van der Waals surface area contributed by atoms with E-state index in [2.05, 4.69) is 17.6 Å². The van der Waals surface area contributed by atoms with Crippen molar-refractivity contribution in [3.63, 3.8) is 0 Å². The molecule has 122 valence electrons. The molecule has 1 fully saturated rings. The lowest BCUT2D eigenvalue weighted by Crippen LogP contribution is -2.17. The maximum Gasteiger partial charge on any atom is 0.220 e. The number of thioether (sulfide) groups is 1. The molecule has 1 amide bonds. The molecule has 1 aromatic rings. The van der Waals surface area contributed by atoms with Crippen LogP contribution >= 0.6 is 11.8 Å². The summed E-state index contributed by atoms with van der Waals surface area (Å²) in [6, 6.07) is 10.6. The van der Waals surface area contributed by atoms with Crippen molar-refractivity contribution in [2.75, 3.05) is 13.6 Å². The Bertz CT molecular complexity index is 465. The summed E-state index contributed by atoms with van der Waals surface area (Å²) in [4.78, 5) is 21.5. The summed E-state index contributed by atoms with van der Waals surface area (Å²) in [5.74, 6) is 0.0962. The fraction of sp³-hybridized carbons (Fsp3) is 0.529. The van der Waals surface area contributed by atoms with Gasteiger partial charge in [-0.1, -0.05) is 42.1 Å². The standard InChI is InChI=1S/C10H13NO.C7H13NOS/c1-11-10(12)8-7-9-5-3-2-4-6-9;1-5-3-7(4-8-5)10-6(2)9/h2-6H,7-8H2,1H3,(H,11,12);5,7-8H,3-4H2,1-2H3. The summed E-state index contributed by atoms with van der Waals surface area (Å²) >= 11 is 1.46. The van der Waals surface area contributed by atoms with Crippen molar-refractivity contribution < 1.29 is 9.59 Å². The summed E-state index contributed by atoms with van der Waals surface area (Å²) < 4.78 is 0. The molecule has 2 atom stereocenters. The lowest BCUT2D eigenvalue weighted by atomic mass is 10.1. The number of benzene rings is 1. The van der Waals surface area contributed by atoms with E-state index >= 15 is 0 Å². The van der Waals surface area contributed by atoms with E-state index in [0.717, 1.165) is 19.4 Å². The molecule has 0 saturated carbocycles. The molecule has 22 heavy (non-hydrogen) atoms. The highest BCUT2D eigenvalue weighted by Crippen LogP contribution is 2.20. The van der Waals surface area contributed by atoms with E-state index in [0.29, 0.717) is 17.7 Å². The van der Waals surface area contributed by atoms with Crippen LogP contribution in [-0.2, 0) is 16.0 Å². The molecule has 1 aliphatic heterocycles. The Balaban J connectivity index is 0.000000224. The SMILES string of the molecule is CC(=O)SC1CNC(C)C1.CNC(=O)CCc1ccccc1. The second kappa shape index (κ2) is 10.4. The Hall–Kier alpha value is -1.33. The fourth-order valence-electron chi connectivity index (χ4n) is 2.25. The maximum absolute atomic E-state index is 10.9. The van der Waals surface area contributed by atoms with Gasteiger partial charge < -0.3 is 10.6 Å². The monoisotopic (exact) mass is 322 g/mol. The molecule has 0 bridgehead atoms. The van der Waals surface area contributed by atoms with E-state index in [-0.39, 0.29) is 11.0 Å². The van der Waals surface area contributed by atoms with E-state index in [1.54, 1.807) is 14.0 Å². The van der Waals surface area contributed by atoms with Gasteiger partial charge in [0.05, 0.1) is 0 Å². The average Bonchev–Trinajstić information content (AvgIpc) is 2.91. The van der Waals surface area contributed by atoms with Gasteiger partial charge in [-0.05, 0) is 25.3 Å². The Morgan fingerprint density at radius 1 is 1.32 bits per heavy atom. The third-order valence-electron chi connectivity index (χ3n) is 3.41. The molecular weight excluding hydrogens is 296 g/mol. The van der Waals surface area contributed by atoms with Gasteiger partial charge in [0.15, 0.2) is 5.12 Å². The van der Waals surface area contributed by atoms with Crippen LogP contribution in [0.15, 0.2) is 30.3 Å². The van der Waals surface area contributed by atoms with Crippen molar-refractivity contribution >= 4 is 22.8 Å². The largest absolute Gasteiger partial charge is 0.359 e. The zero-order chi connectivity index (χ0) is 16.4. The van der Waals surface area contributed by atoms with Gasteiger partial charge in [-0.25, -0.2) is 0 Å². The van der Waals surface area contributed by atoms with E-state index < -0.39 is 0 Å². The Labute approximate surface area is 137 Å². The van der Waals surface area contributed by atoms with E-state index in [1.165, 1.54) is 17.3 Å². The second-order valence-electron chi connectivity index (χ2n) is 5.44. The van der Waals surface area contributed by atoms with Crippen molar-refractivity contribution in [3.05, 3.63) is 35.9 Å². The highest BCUT2D eigenvalue weighted by molar-refractivity contribution is 8.14. The van der Waals surface area contributed by atoms with Crippen LogP contribution in [0.1, 0.15) is 32.3 Å². The third kappa shape index (κ3) is 8.20. The molecule has 0 radical (unpaired) electrons. The molecule has 1 heterocycles. The second-order valence-corrected chi connectivity index (χ2v) is 6.91. The van der Waals surface area contributed by atoms with Crippen molar-refractivity contribution in [2.45, 2.75) is 44.4 Å². The maximum atomic E-state index is 10.9. The highest BCUT2D eigenvalue weighted by Gasteiger charge is 2.21. The predicted molar refractivity (Wildman–Crippen MR) is 93.0 cm³/mol. The zero-order valence-corrected chi connectivity index (χ0v) is 14.4. The number of hydrogen-bond donors (Lipinski definition) is 2. The van der Waals surface area contributed by atoms with Crippen LogP contribution in [-0.4, -0.2) is 35.9 Å². The number of rotatable bonds is 4. The minimum atomic E-state index is 0.0962. The summed E-state index contributed by atoms with van der Waals surface area (Å²) in [5.41, 5.74) is 1.21. The molecular formula is C17H26N2O2S. The molecule has 0 aromatic heterocycles. The van der Waals surface area contributed by atoms with Crippen LogP contribution in [0.2, 0.25) is 0 Å². The minimum absolute atomic E-state index is 0.0962. The van der Waals surface area contributed by atoms with Crippen LogP contribution in [0.25, 0.3) is 0 Å². The average molecular weight is 322 g/mol. The molecule has 2 rings (SSSR count). The van der Waals surface area contributed by atoms with Crippen LogP contribution < -0.4 is 10.6 Å². The molecule has 1 saturated heterocycles. The first-order valence-corrected chi connectivity index (χ1v) is 8.54.